The molecule has 0 aliphatic carbocycles. The lowest BCUT2D eigenvalue weighted by Crippen LogP contribution is -2.26. The second-order valence-corrected chi connectivity index (χ2v) is 7.76. The van der Waals surface area contributed by atoms with Crippen LogP contribution in [0.2, 0.25) is 0 Å². The molecule has 3 aromatic rings. The number of benzene rings is 3. The van der Waals surface area contributed by atoms with Gasteiger partial charge in [0.15, 0.2) is 0 Å². The van der Waals surface area contributed by atoms with Crippen molar-refractivity contribution in [1.29, 1.82) is 0 Å². The maximum absolute atomic E-state index is 12.8. The first kappa shape index (κ1) is 15.1. The molecule has 22 heavy (non-hydrogen) atoms. The van der Waals surface area contributed by atoms with Crippen molar-refractivity contribution in [1.82, 2.24) is 0 Å². The van der Waals surface area contributed by atoms with Crippen LogP contribution in [0.5, 0.6) is 0 Å². The molecule has 0 saturated heterocycles. The Hall–Kier alpha value is -1.85. The molecule has 0 amide bonds. The molecule has 0 unspecified atom stereocenters. The van der Waals surface area contributed by atoms with Crippen LogP contribution in [0.4, 0.5) is 5.69 Å². The highest BCUT2D eigenvalue weighted by molar-refractivity contribution is 9.10. The van der Waals surface area contributed by atoms with E-state index in [9.17, 15) is 8.42 Å². The van der Waals surface area contributed by atoms with Gasteiger partial charge >= 0.3 is 0 Å². The van der Waals surface area contributed by atoms with Crippen LogP contribution in [-0.4, -0.2) is 15.5 Å². The standard InChI is InChI=1S/C17H14BrNO2S/c1-19(17-9-5-4-8-16(17)18)22(20,21)15-11-10-13-6-2-3-7-14(13)12-15/h2-12H,1H3. The quantitative estimate of drug-likeness (QED) is 0.678. The number of hydrogen-bond acceptors (Lipinski definition) is 2. The van der Waals surface area contributed by atoms with E-state index in [1.54, 1.807) is 25.2 Å². The highest BCUT2D eigenvalue weighted by Gasteiger charge is 2.22. The first-order chi connectivity index (χ1) is 10.5. The van der Waals surface area contributed by atoms with Gasteiger partial charge in [0.05, 0.1) is 10.6 Å². The molecule has 0 N–H and O–H groups in total. The molecule has 3 rings (SSSR count). The van der Waals surface area contributed by atoms with Crippen LogP contribution in [0.3, 0.4) is 0 Å². The van der Waals surface area contributed by atoms with Crippen molar-refractivity contribution in [3.05, 3.63) is 71.2 Å². The molecule has 5 heteroatoms. The number of halogens is 1. The minimum atomic E-state index is -3.60. The van der Waals surface area contributed by atoms with E-state index in [0.717, 1.165) is 15.2 Å². The fourth-order valence-corrected chi connectivity index (χ4v) is 4.24. The summed E-state index contributed by atoms with van der Waals surface area (Å²) >= 11 is 3.40. The van der Waals surface area contributed by atoms with E-state index in [-0.39, 0.29) is 4.90 Å². The van der Waals surface area contributed by atoms with E-state index in [1.807, 2.05) is 48.5 Å². The van der Waals surface area contributed by atoms with Crippen LogP contribution in [0.1, 0.15) is 0 Å². The molecule has 3 nitrogen and oxygen atoms in total. The number of hydrogen-bond donors (Lipinski definition) is 0. The Bertz CT molecular complexity index is 938. The predicted octanol–water partition coefficient (Wildman–Crippen LogP) is 4.43. The van der Waals surface area contributed by atoms with Crippen molar-refractivity contribution < 1.29 is 8.42 Å². The van der Waals surface area contributed by atoms with Crippen LogP contribution in [0.15, 0.2) is 76.1 Å². The van der Waals surface area contributed by atoms with E-state index in [1.165, 1.54) is 4.31 Å². The zero-order valence-electron chi connectivity index (χ0n) is 11.9. The second kappa shape index (κ2) is 5.74. The van der Waals surface area contributed by atoms with E-state index in [2.05, 4.69) is 15.9 Å². The van der Waals surface area contributed by atoms with Crippen molar-refractivity contribution in [2.24, 2.45) is 0 Å². The largest absolute Gasteiger partial charge is 0.268 e. The van der Waals surface area contributed by atoms with Crippen LogP contribution >= 0.6 is 15.9 Å². The van der Waals surface area contributed by atoms with E-state index >= 15 is 0 Å². The predicted molar refractivity (Wildman–Crippen MR) is 93.7 cm³/mol. The molecule has 0 saturated carbocycles. The van der Waals surface area contributed by atoms with Gasteiger partial charge in [-0.25, -0.2) is 8.42 Å². The third-order valence-corrected chi connectivity index (χ3v) is 6.01. The van der Waals surface area contributed by atoms with Crippen molar-refractivity contribution >= 4 is 42.4 Å². The van der Waals surface area contributed by atoms with E-state index in [4.69, 9.17) is 0 Å². The Balaban J connectivity index is 2.09. The number of rotatable bonds is 3. The Kier molecular flexibility index (Phi) is 3.93. The number of para-hydroxylation sites is 1. The lowest BCUT2D eigenvalue weighted by atomic mass is 10.1. The average Bonchev–Trinajstić information content (AvgIpc) is 2.54. The Morgan fingerprint density at radius 3 is 2.23 bits per heavy atom. The lowest BCUT2D eigenvalue weighted by molar-refractivity contribution is 0.594. The maximum atomic E-state index is 12.8. The van der Waals surface area contributed by atoms with Crippen LogP contribution in [0, 0.1) is 0 Å². The normalized spacial score (nSPS) is 11.5. The molecule has 0 aromatic heterocycles. The van der Waals surface area contributed by atoms with Gasteiger partial charge in [0.1, 0.15) is 0 Å². The number of fused-ring (bicyclic) bond motifs is 1. The summed E-state index contributed by atoms with van der Waals surface area (Å²) in [6.45, 7) is 0. The van der Waals surface area contributed by atoms with Crippen LogP contribution in [0.25, 0.3) is 10.8 Å². The number of sulfonamides is 1. The second-order valence-electron chi connectivity index (χ2n) is 4.93. The molecule has 0 atom stereocenters. The van der Waals surface area contributed by atoms with Crippen LogP contribution < -0.4 is 4.31 Å². The van der Waals surface area contributed by atoms with Gasteiger partial charge in [-0.15, -0.1) is 0 Å². The minimum Gasteiger partial charge on any atom is -0.268 e. The molecule has 0 fully saturated rings. The van der Waals surface area contributed by atoms with Gasteiger partial charge in [0.2, 0.25) is 0 Å². The first-order valence-electron chi connectivity index (χ1n) is 6.72. The van der Waals surface area contributed by atoms with Gasteiger partial charge in [-0.2, -0.15) is 0 Å². The van der Waals surface area contributed by atoms with E-state index in [0.29, 0.717) is 5.69 Å². The number of anilines is 1. The molecule has 0 heterocycles. The molecule has 112 valence electrons. The topological polar surface area (TPSA) is 37.4 Å². The molecule has 0 spiro atoms. The van der Waals surface area contributed by atoms with Gasteiger partial charge < -0.3 is 0 Å². The summed E-state index contributed by atoms with van der Waals surface area (Å²) in [5.74, 6) is 0. The summed E-state index contributed by atoms with van der Waals surface area (Å²) in [6, 6.07) is 20.1. The Morgan fingerprint density at radius 1 is 0.864 bits per heavy atom. The summed E-state index contributed by atoms with van der Waals surface area (Å²) < 4.78 is 27.7. The Labute approximate surface area is 138 Å². The van der Waals surface area contributed by atoms with Gasteiger partial charge in [-0.1, -0.05) is 42.5 Å². The van der Waals surface area contributed by atoms with Gasteiger partial charge in [-0.05, 0) is 51.0 Å². The molecule has 3 aromatic carbocycles. The summed E-state index contributed by atoms with van der Waals surface area (Å²) in [6.07, 6.45) is 0. The third kappa shape index (κ3) is 2.62. The highest BCUT2D eigenvalue weighted by Crippen LogP contribution is 2.30. The molecular weight excluding hydrogens is 362 g/mol. The smallest absolute Gasteiger partial charge is 0.264 e. The van der Waals surface area contributed by atoms with Gasteiger partial charge in [-0.3, -0.25) is 4.31 Å². The van der Waals surface area contributed by atoms with Gasteiger partial charge in [0, 0.05) is 11.5 Å². The summed E-state index contributed by atoms with van der Waals surface area (Å²) in [5.41, 5.74) is 0.607. The first-order valence-corrected chi connectivity index (χ1v) is 8.96. The molecule has 0 radical (unpaired) electrons. The Morgan fingerprint density at radius 2 is 1.50 bits per heavy atom. The zero-order valence-corrected chi connectivity index (χ0v) is 14.3. The fourth-order valence-electron chi connectivity index (χ4n) is 2.32. The third-order valence-electron chi connectivity index (χ3n) is 3.57. The zero-order chi connectivity index (χ0) is 15.7. The molecular formula is C17H14BrNO2S. The van der Waals surface area contributed by atoms with Crippen molar-refractivity contribution in [2.45, 2.75) is 4.90 Å². The SMILES string of the molecule is CN(c1ccccc1Br)S(=O)(=O)c1ccc2ccccc2c1. The monoisotopic (exact) mass is 375 g/mol. The number of nitrogens with zero attached hydrogens (tertiary/aromatic N) is 1. The summed E-state index contributed by atoms with van der Waals surface area (Å²) in [7, 11) is -2.04. The van der Waals surface area contributed by atoms with Crippen molar-refractivity contribution in [3.63, 3.8) is 0 Å². The molecule has 0 bridgehead atoms. The summed E-state index contributed by atoms with van der Waals surface area (Å²) in [5, 5.41) is 1.93. The van der Waals surface area contributed by atoms with E-state index < -0.39 is 10.0 Å². The summed E-state index contributed by atoms with van der Waals surface area (Å²) in [4.78, 5) is 0.282. The maximum Gasteiger partial charge on any atom is 0.264 e. The highest BCUT2D eigenvalue weighted by atomic mass is 79.9. The van der Waals surface area contributed by atoms with Gasteiger partial charge in [0.25, 0.3) is 10.0 Å². The molecule has 0 aliphatic heterocycles. The minimum absolute atomic E-state index is 0.282. The lowest BCUT2D eigenvalue weighted by Gasteiger charge is -2.21. The average molecular weight is 376 g/mol. The molecule has 0 aliphatic rings. The van der Waals surface area contributed by atoms with Crippen LogP contribution in [-0.2, 0) is 10.0 Å². The fraction of sp³-hybridized carbons (Fsp3) is 0.0588. The van der Waals surface area contributed by atoms with Crippen molar-refractivity contribution in [3.8, 4) is 0 Å². The van der Waals surface area contributed by atoms with Crippen molar-refractivity contribution in [2.75, 3.05) is 11.4 Å².